The molecule has 2 unspecified atom stereocenters. The number of aromatic hydroxyl groups is 1. The van der Waals surface area contributed by atoms with Crippen LogP contribution in [-0.4, -0.2) is 35.0 Å². The van der Waals surface area contributed by atoms with Crippen molar-refractivity contribution in [3.05, 3.63) is 27.7 Å². The van der Waals surface area contributed by atoms with Crippen molar-refractivity contribution in [2.45, 2.75) is 71.4 Å². The summed E-state index contributed by atoms with van der Waals surface area (Å²) >= 11 is 12.3. The smallest absolute Gasteiger partial charge is 0.219 e. The molecule has 1 heterocycles. The van der Waals surface area contributed by atoms with Crippen molar-refractivity contribution >= 4 is 29.1 Å². The first-order valence-corrected chi connectivity index (χ1v) is 10.8. The van der Waals surface area contributed by atoms with E-state index in [1.807, 2.05) is 4.90 Å². The Bertz CT molecular complexity index is 631. The fourth-order valence-corrected chi connectivity index (χ4v) is 4.25. The Hall–Kier alpha value is -0.970. The van der Waals surface area contributed by atoms with E-state index in [1.54, 1.807) is 13.0 Å². The van der Waals surface area contributed by atoms with Crippen molar-refractivity contribution in [2.24, 2.45) is 5.92 Å². The molecular formula is C21H32Cl2N2O2. The van der Waals surface area contributed by atoms with E-state index in [0.29, 0.717) is 22.0 Å². The predicted octanol–water partition coefficient (Wildman–Crippen LogP) is 5.56. The molecule has 6 heteroatoms. The Morgan fingerprint density at radius 3 is 2.48 bits per heavy atom. The van der Waals surface area contributed by atoms with Gasteiger partial charge in [-0.15, -0.1) is 0 Å². The first kappa shape index (κ1) is 22.3. The lowest BCUT2D eigenvalue weighted by Gasteiger charge is -2.38. The molecule has 1 aromatic rings. The average molecular weight is 415 g/mol. The maximum Gasteiger partial charge on any atom is 0.219 e. The number of hydrogen-bond acceptors (Lipinski definition) is 3. The molecule has 27 heavy (non-hydrogen) atoms. The van der Waals surface area contributed by atoms with Crippen LogP contribution in [0, 0.1) is 5.92 Å². The standard InChI is InChI=1S/C21H32Cl2N2O2/c1-4-5-6-7-14(2)24-21(16-8-10-25(11-9-16)15(3)26)17-12-18(22)19(23)13-20(17)27/h12-14,16,21,24,27H,4-11H2,1-3H3. The van der Waals surface area contributed by atoms with Crippen LogP contribution in [0.5, 0.6) is 5.75 Å². The zero-order valence-corrected chi connectivity index (χ0v) is 18.1. The Kier molecular flexibility index (Phi) is 8.71. The third-order valence-electron chi connectivity index (χ3n) is 5.57. The SMILES string of the molecule is CCCCCC(C)NC(c1cc(Cl)c(Cl)cc1O)C1CCN(C(C)=O)CC1. The molecular weight excluding hydrogens is 383 g/mol. The van der Waals surface area contributed by atoms with E-state index in [4.69, 9.17) is 23.2 Å². The van der Waals surface area contributed by atoms with Crippen LogP contribution in [0.3, 0.4) is 0 Å². The lowest BCUT2D eigenvalue weighted by Crippen LogP contribution is -2.42. The number of likely N-dealkylation sites (tertiary alicyclic amines) is 1. The van der Waals surface area contributed by atoms with Gasteiger partial charge in [-0.1, -0.05) is 49.4 Å². The average Bonchev–Trinajstić information content (AvgIpc) is 2.63. The molecule has 0 radical (unpaired) electrons. The summed E-state index contributed by atoms with van der Waals surface area (Å²) in [7, 11) is 0. The van der Waals surface area contributed by atoms with Crippen LogP contribution in [0.2, 0.25) is 10.0 Å². The molecule has 1 saturated heterocycles. The van der Waals surface area contributed by atoms with Crippen LogP contribution in [0.1, 0.15) is 70.9 Å². The number of unbranched alkanes of at least 4 members (excludes halogenated alkanes) is 2. The summed E-state index contributed by atoms with van der Waals surface area (Å²) in [5.41, 5.74) is 0.799. The number of halogens is 2. The van der Waals surface area contributed by atoms with Crippen molar-refractivity contribution in [2.75, 3.05) is 13.1 Å². The zero-order chi connectivity index (χ0) is 20.0. The zero-order valence-electron chi connectivity index (χ0n) is 16.6. The molecule has 1 aliphatic rings. The lowest BCUT2D eigenvalue weighted by atomic mass is 9.84. The van der Waals surface area contributed by atoms with Gasteiger partial charge in [0.15, 0.2) is 0 Å². The van der Waals surface area contributed by atoms with E-state index in [-0.39, 0.29) is 17.7 Å². The molecule has 0 spiro atoms. The number of phenols is 1. The fraction of sp³-hybridized carbons (Fsp3) is 0.667. The predicted molar refractivity (Wildman–Crippen MR) is 113 cm³/mol. The van der Waals surface area contributed by atoms with E-state index < -0.39 is 0 Å². The first-order chi connectivity index (χ1) is 12.8. The minimum Gasteiger partial charge on any atom is -0.508 e. The summed E-state index contributed by atoms with van der Waals surface area (Å²) in [4.78, 5) is 13.5. The van der Waals surface area contributed by atoms with Gasteiger partial charge in [0, 0.05) is 43.7 Å². The molecule has 152 valence electrons. The lowest BCUT2D eigenvalue weighted by molar-refractivity contribution is -0.130. The van der Waals surface area contributed by atoms with Crippen molar-refractivity contribution in [1.29, 1.82) is 0 Å². The number of nitrogens with one attached hydrogen (secondary N) is 1. The quantitative estimate of drug-likeness (QED) is 0.547. The number of rotatable bonds is 8. The maximum atomic E-state index is 11.6. The van der Waals surface area contributed by atoms with Crippen LogP contribution in [0.4, 0.5) is 0 Å². The number of amides is 1. The van der Waals surface area contributed by atoms with E-state index in [0.717, 1.165) is 37.9 Å². The third kappa shape index (κ3) is 6.27. The Labute approximate surface area is 173 Å². The van der Waals surface area contributed by atoms with Crippen LogP contribution in [0.15, 0.2) is 12.1 Å². The summed E-state index contributed by atoms with van der Waals surface area (Å²) in [6.07, 6.45) is 6.52. The van der Waals surface area contributed by atoms with Crippen LogP contribution in [-0.2, 0) is 4.79 Å². The molecule has 2 N–H and O–H groups in total. The second-order valence-electron chi connectivity index (χ2n) is 7.71. The van der Waals surface area contributed by atoms with Crippen LogP contribution in [0.25, 0.3) is 0 Å². The molecule has 0 saturated carbocycles. The number of benzene rings is 1. The number of carbonyl (C=O) groups is 1. The Balaban J connectivity index is 2.19. The summed E-state index contributed by atoms with van der Waals surface area (Å²) in [6.45, 7) is 7.53. The number of carbonyl (C=O) groups excluding carboxylic acids is 1. The maximum absolute atomic E-state index is 11.6. The topological polar surface area (TPSA) is 52.6 Å². The van der Waals surface area contributed by atoms with Gasteiger partial charge in [0.05, 0.1) is 10.0 Å². The normalized spacial score (nSPS) is 17.7. The van der Waals surface area contributed by atoms with Gasteiger partial charge in [-0.3, -0.25) is 4.79 Å². The fourth-order valence-electron chi connectivity index (χ4n) is 3.92. The number of phenolic OH excluding ortho intramolecular Hbond substituents is 1. The molecule has 1 aliphatic heterocycles. The van der Waals surface area contributed by atoms with Crippen LogP contribution >= 0.6 is 23.2 Å². The highest BCUT2D eigenvalue weighted by atomic mass is 35.5. The van der Waals surface area contributed by atoms with Gasteiger partial charge in [0.2, 0.25) is 5.91 Å². The molecule has 1 fully saturated rings. The highest BCUT2D eigenvalue weighted by Crippen LogP contribution is 2.39. The molecule has 1 aromatic carbocycles. The van der Waals surface area contributed by atoms with E-state index in [9.17, 15) is 9.90 Å². The second-order valence-corrected chi connectivity index (χ2v) is 8.52. The summed E-state index contributed by atoms with van der Waals surface area (Å²) in [5, 5.41) is 15.1. The molecule has 0 bridgehead atoms. The molecule has 0 aliphatic carbocycles. The van der Waals surface area contributed by atoms with Crippen LogP contribution < -0.4 is 5.32 Å². The minimum absolute atomic E-state index is 0.00880. The number of hydrogen-bond donors (Lipinski definition) is 2. The van der Waals surface area contributed by atoms with Crippen molar-refractivity contribution in [3.8, 4) is 5.75 Å². The Morgan fingerprint density at radius 1 is 1.26 bits per heavy atom. The first-order valence-electron chi connectivity index (χ1n) is 10.0. The monoisotopic (exact) mass is 414 g/mol. The van der Waals surface area contributed by atoms with Gasteiger partial charge in [0.25, 0.3) is 0 Å². The molecule has 4 nitrogen and oxygen atoms in total. The van der Waals surface area contributed by atoms with E-state index in [2.05, 4.69) is 19.2 Å². The largest absolute Gasteiger partial charge is 0.508 e. The molecule has 2 atom stereocenters. The number of piperidine rings is 1. The van der Waals surface area contributed by atoms with Gasteiger partial charge in [-0.25, -0.2) is 0 Å². The van der Waals surface area contributed by atoms with Crippen molar-refractivity contribution < 1.29 is 9.90 Å². The molecule has 2 rings (SSSR count). The summed E-state index contributed by atoms with van der Waals surface area (Å²) in [5.74, 6) is 0.636. The van der Waals surface area contributed by atoms with Gasteiger partial charge in [-0.05, 0) is 38.2 Å². The van der Waals surface area contributed by atoms with E-state index in [1.165, 1.54) is 25.3 Å². The summed E-state index contributed by atoms with van der Waals surface area (Å²) in [6, 6.07) is 3.64. The third-order valence-corrected chi connectivity index (χ3v) is 6.29. The van der Waals surface area contributed by atoms with Gasteiger partial charge in [-0.2, -0.15) is 0 Å². The second kappa shape index (κ2) is 10.5. The highest BCUT2D eigenvalue weighted by Gasteiger charge is 2.31. The van der Waals surface area contributed by atoms with Gasteiger partial charge in [0.1, 0.15) is 5.75 Å². The van der Waals surface area contributed by atoms with Crippen molar-refractivity contribution in [3.63, 3.8) is 0 Å². The Morgan fingerprint density at radius 2 is 1.89 bits per heavy atom. The highest BCUT2D eigenvalue weighted by molar-refractivity contribution is 6.42. The van der Waals surface area contributed by atoms with Crippen molar-refractivity contribution in [1.82, 2.24) is 10.2 Å². The van der Waals surface area contributed by atoms with Gasteiger partial charge >= 0.3 is 0 Å². The summed E-state index contributed by atoms with van der Waals surface area (Å²) < 4.78 is 0. The number of nitrogens with zero attached hydrogens (tertiary/aromatic N) is 1. The molecule has 1 amide bonds. The van der Waals surface area contributed by atoms with Gasteiger partial charge < -0.3 is 15.3 Å². The van der Waals surface area contributed by atoms with E-state index >= 15 is 0 Å². The molecule has 0 aromatic heterocycles. The minimum atomic E-state index is -0.00880.